The number of nitrogens with zero attached hydrogens (tertiary/aromatic N) is 3. The number of imidazole rings is 1. The Morgan fingerprint density at radius 1 is 0.789 bits per heavy atom. The van der Waals surface area contributed by atoms with Crippen LogP contribution in [-0.2, 0) is 40.0 Å². The Morgan fingerprint density at radius 2 is 1.47 bits per heavy atom. The first-order valence-electron chi connectivity index (χ1n) is 13.4. The Bertz CT molecular complexity index is 1740. The molecule has 4 aromatic carbocycles. The summed E-state index contributed by atoms with van der Waals surface area (Å²) in [4.78, 5) is 5.17. The van der Waals surface area contributed by atoms with E-state index in [-0.39, 0.29) is 20.1 Å². The maximum atomic E-state index is 5.17. The van der Waals surface area contributed by atoms with Crippen molar-refractivity contribution in [3.8, 4) is 17.1 Å². The third-order valence-corrected chi connectivity index (χ3v) is 7.32. The van der Waals surface area contributed by atoms with Crippen LogP contribution in [0.5, 0.6) is 0 Å². The molecule has 6 rings (SSSR count). The van der Waals surface area contributed by atoms with Crippen molar-refractivity contribution in [2.24, 2.45) is 18.9 Å². The minimum Gasteiger partial charge on any atom is -0.343 e. The van der Waals surface area contributed by atoms with E-state index in [0.717, 1.165) is 35.3 Å². The summed E-state index contributed by atoms with van der Waals surface area (Å²) in [5.41, 5.74) is 9.86. The predicted molar refractivity (Wildman–Crippen MR) is 156 cm³/mol. The van der Waals surface area contributed by atoms with Gasteiger partial charge in [-0.05, 0) is 54.5 Å². The van der Waals surface area contributed by atoms with E-state index in [1.54, 1.807) is 0 Å². The molecule has 38 heavy (non-hydrogen) atoms. The molecule has 195 valence electrons. The molecule has 0 N–H and O–H groups in total. The molecule has 0 unspecified atom stereocenters. The molecule has 0 bridgehead atoms. The normalized spacial score (nSPS) is 11.8. The number of rotatable bonds is 6. The summed E-state index contributed by atoms with van der Waals surface area (Å²) in [6.07, 6.45) is 2.00. The Kier molecular flexibility index (Phi) is 7.31. The van der Waals surface area contributed by atoms with Gasteiger partial charge < -0.3 is 9.13 Å². The number of benzene rings is 4. The van der Waals surface area contributed by atoms with Crippen LogP contribution in [0.2, 0.25) is 0 Å². The fourth-order valence-corrected chi connectivity index (χ4v) is 5.92. The van der Waals surface area contributed by atoms with Gasteiger partial charge in [0, 0.05) is 54.7 Å². The maximum Gasteiger partial charge on any atom is 0.0774 e. The van der Waals surface area contributed by atoms with Gasteiger partial charge in [0.1, 0.15) is 0 Å². The number of aromatic nitrogens is 3. The fraction of sp³-hybridized carbons (Fsp3) is 0.265. The van der Waals surface area contributed by atoms with E-state index in [2.05, 4.69) is 117 Å². The first-order chi connectivity index (χ1) is 17.9. The van der Waals surface area contributed by atoms with Crippen LogP contribution in [0.25, 0.3) is 49.9 Å². The minimum absolute atomic E-state index is 0. The summed E-state index contributed by atoms with van der Waals surface area (Å²) >= 11 is 0. The summed E-state index contributed by atoms with van der Waals surface area (Å²) in [5.74, 6) is 1.99. The number of hydrogen-bond donors (Lipinski definition) is 0. The smallest absolute Gasteiger partial charge is 0.0774 e. The van der Waals surface area contributed by atoms with Gasteiger partial charge in [-0.15, -0.1) is 35.9 Å². The van der Waals surface area contributed by atoms with Gasteiger partial charge in [0.05, 0.1) is 22.4 Å². The third kappa shape index (κ3) is 4.40. The molecule has 0 saturated heterocycles. The maximum absolute atomic E-state index is 5.17. The first-order valence-corrected chi connectivity index (χ1v) is 13.4. The summed E-state index contributed by atoms with van der Waals surface area (Å²) in [6.45, 7) is 9.28. The summed E-state index contributed by atoms with van der Waals surface area (Å²) in [6, 6.07) is 31.5. The van der Waals surface area contributed by atoms with E-state index >= 15 is 0 Å². The van der Waals surface area contributed by atoms with Crippen molar-refractivity contribution in [3.05, 3.63) is 96.1 Å². The largest absolute Gasteiger partial charge is 0.343 e. The third-order valence-electron chi connectivity index (χ3n) is 7.32. The molecular weight excluding hydrogens is 643 g/mol. The van der Waals surface area contributed by atoms with Crippen molar-refractivity contribution in [2.45, 2.75) is 40.5 Å². The van der Waals surface area contributed by atoms with Gasteiger partial charge in [-0.2, -0.15) is 0 Å². The van der Waals surface area contributed by atoms with Crippen LogP contribution in [0.15, 0.2) is 78.9 Å². The van der Waals surface area contributed by atoms with E-state index in [1.807, 2.05) is 12.1 Å². The molecule has 0 aliphatic rings. The zero-order valence-corrected chi connectivity index (χ0v) is 25.1. The number of fused-ring (bicyclic) bond motifs is 4. The fourth-order valence-electron chi connectivity index (χ4n) is 5.92. The van der Waals surface area contributed by atoms with Crippen LogP contribution in [0.3, 0.4) is 0 Å². The van der Waals surface area contributed by atoms with Crippen LogP contribution in [-0.4, -0.2) is 14.1 Å². The second-order valence-electron chi connectivity index (χ2n) is 11.1. The van der Waals surface area contributed by atoms with Gasteiger partial charge in [0.15, 0.2) is 0 Å². The molecule has 1 radical (unpaired) electrons. The second kappa shape index (κ2) is 10.5. The zero-order chi connectivity index (χ0) is 25.7. The SMILES string of the molecule is CC(C)Cc1cc2c3ccccc3n(C)c2c(CC(C)C)c1-n1c(-c2[c-]cccc2)nc2ccccc21.[Ir]. The summed E-state index contributed by atoms with van der Waals surface area (Å²) in [7, 11) is 2.22. The molecule has 0 spiro atoms. The van der Waals surface area contributed by atoms with Gasteiger partial charge >= 0.3 is 0 Å². The van der Waals surface area contributed by atoms with Gasteiger partial charge in [0.25, 0.3) is 0 Å². The molecule has 0 aliphatic carbocycles. The van der Waals surface area contributed by atoms with Crippen molar-refractivity contribution in [1.82, 2.24) is 14.1 Å². The topological polar surface area (TPSA) is 22.8 Å². The van der Waals surface area contributed by atoms with E-state index in [9.17, 15) is 0 Å². The first kappa shape index (κ1) is 26.4. The van der Waals surface area contributed by atoms with Crippen molar-refractivity contribution in [1.29, 1.82) is 0 Å². The molecular formula is C34H34IrN3-. The molecule has 0 saturated carbocycles. The van der Waals surface area contributed by atoms with E-state index < -0.39 is 0 Å². The number of para-hydroxylation sites is 3. The van der Waals surface area contributed by atoms with Crippen LogP contribution < -0.4 is 0 Å². The van der Waals surface area contributed by atoms with E-state index in [4.69, 9.17) is 4.98 Å². The molecule has 3 nitrogen and oxygen atoms in total. The van der Waals surface area contributed by atoms with Gasteiger partial charge in [-0.25, -0.2) is 0 Å². The summed E-state index contributed by atoms with van der Waals surface area (Å²) < 4.78 is 4.83. The molecule has 0 aliphatic heterocycles. The summed E-state index contributed by atoms with van der Waals surface area (Å²) in [5, 5.41) is 2.68. The van der Waals surface area contributed by atoms with Crippen molar-refractivity contribution >= 4 is 32.8 Å². The second-order valence-corrected chi connectivity index (χ2v) is 11.1. The number of hydrogen-bond acceptors (Lipinski definition) is 1. The Balaban J connectivity index is 0.00000294. The van der Waals surface area contributed by atoms with E-state index in [1.165, 1.54) is 38.6 Å². The van der Waals surface area contributed by atoms with Crippen molar-refractivity contribution < 1.29 is 20.1 Å². The van der Waals surface area contributed by atoms with Gasteiger partial charge in [-0.3, -0.25) is 4.98 Å². The van der Waals surface area contributed by atoms with Crippen LogP contribution in [0.4, 0.5) is 0 Å². The molecule has 2 aromatic heterocycles. The zero-order valence-electron chi connectivity index (χ0n) is 22.7. The Morgan fingerprint density at radius 3 is 2.18 bits per heavy atom. The van der Waals surface area contributed by atoms with Gasteiger partial charge in [0.2, 0.25) is 0 Å². The molecule has 0 atom stereocenters. The monoisotopic (exact) mass is 677 g/mol. The van der Waals surface area contributed by atoms with E-state index in [0.29, 0.717) is 11.8 Å². The standard InChI is InChI=1S/C34H34N3.Ir/c1-22(2)19-25-21-27-26-15-9-11-17-30(26)36(5)33(27)28(20-23(3)4)32(25)37-31-18-12-10-16-29(31)35-34(37)24-13-7-6-8-14-24;/h6-13,15-18,21-23H,19-20H2,1-5H3;/q-1;. The van der Waals surface area contributed by atoms with Crippen molar-refractivity contribution in [2.75, 3.05) is 0 Å². The Hall–Kier alpha value is -3.20. The molecule has 0 fully saturated rings. The minimum atomic E-state index is 0. The van der Waals surface area contributed by atoms with Gasteiger partial charge in [-0.1, -0.05) is 58.0 Å². The Labute approximate surface area is 238 Å². The van der Waals surface area contributed by atoms with Crippen LogP contribution in [0.1, 0.15) is 38.8 Å². The molecule has 2 heterocycles. The van der Waals surface area contributed by atoms with Crippen molar-refractivity contribution in [3.63, 3.8) is 0 Å². The van der Waals surface area contributed by atoms with Crippen LogP contribution in [0, 0.1) is 17.9 Å². The predicted octanol–water partition coefficient (Wildman–Crippen LogP) is 8.53. The quantitative estimate of drug-likeness (QED) is 0.162. The molecule has 0 amide bonds. The molecule has 4 heteroatoms. The average Bonchev–Trinajstić information content (AvgIpc) is 3.40. The molecule has 6 aromatic rings. The van der Waals surface area contributed by atoms with Crippen LogP contribution >= 0.6 is 0 Å². The average molecular weight is 677 g/mol. The number of aryl methyl sites for hydroxylation is 1.